The van der Waals surface area contributed by atoms with Crippen molar-refractivity contribution in [3.63, 3.8) is 0 Å². The molecule has 0 spiro atoms. The van der Waals surface area contributed by atoms with Crippen LogP contribution in [-0.4, -0.2) is 14.9 Å². The van der Waals surface area contributed by atoms with Crippen LogP contribution < -0.4 is 0 Å². The van der Waals surface area contributed by atoms with Crippen molar-refractivity contribution < 1.29 is 31.0 Å². The maximum absolute atomic E-state index is 9.47. The van der Waals surface area contributed by atoms with Gasteiger partial charge in [0.1, 0.15) is 0 Å². The van der Waals surface area contributed by atoms with E-state index in [0.717, 1.165) is 0 Å². The third kappa shape index (κ3) is 6.66. The molecule has 0 aliphatic rings. The molecule has 0 bridgehead atoms. The van der Waals surface area contributed by atoms with E-state index in [9.17, 15) is 4.79 Å². The van der Waals surface area contributed by atoms with Gasteiger partial charge >= 0.3 is 6.09 Å². The van der Waals surface area contributed by atoms with Gasteiger partial charge in [0.25, 0.3) is 0 Å². The molecule has 0 aromatic carbocycles. The van der Waals surface area contributed by atoms with E-state index in [0.29, 0.717) is 3.71 Å². The van der Waals surface area contributed by atoms with Gasteiger partial charge < -0.3 is 5.11 Å². The van der Waals surface area contributed by atoms with Gasteiger partial charge in [0.2, 0.25) is 0 Å². The Morgan fingerprint density at radius 1 is 1.57 bits per heavy atom. The van der Waals surface area contributed by atoms with Gasteiger partial charge in [0.15, 0.2) is 0 Å². The summed E-state index contributed by atoms with van der Waals surface area (Å²) in [5, 5.41) is 7.76. The number of rotatable bonds is 0. The van der Waals surface area contributed by atoms with Gasteiger partial charge in [-0.05, 0) is 25.6 Å². The van der Waals surface area contributed by atoms with Gasteiger partial charge in [-0.1, -0.05) is 0 Å². The van der Waals surface area contributed by atoms with Crippen molar-refractivity contribution in [3.05, 3.63) is 0 Å². The number of hydrogen-bond donors (Lipinski definition) is 3. The molecule has 0 aromatic heterocycles. The molecule has 0 heterocycles. The Labute approximate surface area is 66.4 Å². The number of amides is 1. The third-order valence-electron chi connectivity index (χ3n) is 0.171. The molecule has 0 fully saturated rings. The maximum Gasteiger partial charge on any atom is 0.427 e. The Morgan fingerprint density at radius 2 is 1.71 bits per heavy atom. The van der Waals surface area contributed by atoms with Crippen molar-refractivity contribution in [1.82, 2.24) is 3.71 Å². The fourth-order valence-electron chi connectivity index (χ4n) is 0. The van der Waals surface area contributed by atoms with Crippen molar-refractivity contribution in [2.45, 2.75) is 0 Å². The van der Waals surface area contributed by atoms with Crippen LogP contribution >= 0.6 is 25.6 Å². The standard InChI is InChI=1S/CH3NO2S2.W/c3-1(4)2(5)6;/h5-6H,(H,3,4);. The second kappa shape index (κ2) is 4.81. The largest absolute Gasteiger partial charge is 0.464 e. The smallest absolute Gasteiger partial charge is 0.427 e. The molecule has 0 aromatic rings. The fourth-order valence-corrected chi connectivity index (χ4v) is 0. The van der Waals surface area contributed by atoms with Crippen LogP contribution in [0.2, 0.25) is 0 Å². The van der Waals surface area contributed by atoms with Crippen molar-refractivity contribution in [1.29, 1.82) is 0 Å². The van der Waals surface area contributed by atoms with Crippen LogP contribution in [0.1, 0.15) is 0 Å². The fraction of sp³-hybridized carbons (Fsp3) is 0. The van der Waals surface area contributed by atoms with Crippen LogP contribution in [0, 0.1) is 0 Å². The van der Waals surface area contributed by atoms with E-state index in [1.54, 1.807) is 0 Å². The summed E-state index contributed by atoms with van der Waals surface area (Å²) >= 11 is 6.58. The van der Waals surface area contributed by atoms with E-state index in [1.165, 1.54) is 0 Å². The van der Waals surface area contributed by atoms with Gasteiger partial charge in [0, 0.05) is 21.1 Å². The second-order valence-electron chi connectivity index (χ2n) is 0.572. The van der Waals surface area contributed by atoms with Crippen LogP contribution in [0.5, 0.6) is 0 Å². The quantitative estimate of drug-likeness (QED) is 0.575. The Kier molecular flexibility index (Phi) is 7.28. The maximum atomic E-state index is 9.47. The first-order chi connectivity index (χ1) is 2.64. The first kappa shape index (κ1) is 10.6. The van der Waals surface area contributed by atoms with Crippen LogP contribution in [-0.2, 0) is 21.1 Å². The van der Waals surface area contributed by atoms with E-state index >= 15 is 0 Å². The molecular weight excluding hydrogens is 306 g/mol. The first-order valence-corrected chi connectivity index (χ1v) is 1.85. The van der Waals surface area contributed by atoms with Gasteiger partial charge in [-0.3, -0.25) is 0 Å². The van der Waals surface area contributed by atoms with Crippen molar-refractivity contribution >= 4 is 31.7 Å². The zero-order valence-corrected chi connectivity index (χ0v) is 7.83. The topological polar surface area (TPSA) is 40.5 Å². The zero-order chi connectivity index (χ0) is 5.15. The minimum atomic E-state index is -1.18. The van der Waals surface area contributed by atoms with Crippen LogP contribution in [0.15, 0.2) is 0 Å². The molecule has 6 heteroatoms. The average molecular weight is 309 g/mol. The summed E-state index contributed by atoms with van der Waals surface area (Å²) in [6, 6.07) is 0. The summed E-state index contributed by atoms with van der Waals surface area (Å²) in [5.41, 5.74) is 0. The molecule has 3 nitrogen and oxygen atoms in total. The Balaban J connectivity index is 0. The summed E-state index contributed by atoms with van der Waals surface area (Å²) in [5.74, 6) is 0. The summed E-state index contributed by atoms with van der Waals surface area (Å²) < 4.78 is 0.472. The SMILES string of the molecule is O=C(O)N(S)S.[W]. The molecule has 0 aliphatic carbocycles. The average Bonchev–Trinajstić information content (AvgIpc) is 1.36. The van der Waals surface area contributed by atoms with E-state index in [2.05, 4.69) is 25.6 Å². The second-order valence-corrected chi connectivity index (χ2v) is 1.69. The normalized spacial score (nSPS) is 6.57. The van der Waals surface area contributed by atoms with Gasteiger partial charge in [-0.2, -0.15) is 3.71 Å². The minimum Gasteiger partial charge on any atom is -0.464 e. The molecular formula is CH3NO2S2W. The van der Waals surface area contributed by atoms with E-state index in [4.69, 9.17) is 5.11 Å². The molecule has 0 atom stereocenters. The van der Waals surface area contributed by atoms with Crippen molar-refractivity contribution in [2.24, 2.45) is 0 Å². The van der Waals surface area contributed by atoms with E-state index in [1.807, 2.05) is 0 Å². The molecule has 0 saturated carbocycles. The van der Waals surface area contributed by atoms with Gasteiger partial charge in [-0.25, -0.2) is 4.79 Å². The summed E-state index contributed by atoms with van der Waals surface area (Å²) in [6.07, 6.45) is -1.18. The van der Waals surface area contributed by atoms with E-state index < -0.39 is 6.09 Å². The van der Waals surface area contributed by atoms with E-state index in [-0.39, 0.29) is 21.1 Å². The predicted octanol–water partition coefficient (Wildman–Crippen LogP) is 0.653. The molecule has 0 unspecified atom stereocenters. The molecule has 7 heavy (non-hydrogen) atoms. The van der Waals surface area contributed by atoms with Crippen LogP contribution in [0.25, 0.3) is 0 Å². The molecule has 42 valence electrons. The molecule has 0 aliphatic heterocycles. The van der Waals surface area contributed by atoms with Crippen molar-refractivity contribution in [2.75, 3.05) is 0 Å². The monoisotopic (exact) mass is 309 g/mol. The van der Waals surface area contributed by atoms with Crippen molar-refractivity contribution in [3.8, 4) is 0 Å². The summed E-state index contributed by atoms with van der Waals surface area (Å²) in [6.45, 7) is 0. The third-order valence-corrected chi connectivity index (χ3v) is 0.513. The summed E-state index contributed by atoms with van der Waals surface area (Å²) in [7, 11) is 0. The predicted molar refractivity (Wildman–Crippen MR) is 27.8 cm³/mol. The zero-order valence-electron chi connectivity index (χ0n) is 3.11. The summed E-state index contributed by atoms with van der Waals surface area (Å²) in [4.78, 5) is 9.47. The Hall–Kier alpha value is 0.658. The molecule has 0 saturated heterocycles. The molecule has 0 rings (SSSR count). The number of nitrogens with zero attached hydrogens (tertiary/aromatic N) is 1. The van der Waals surface area contributed by atoms with Gasteiger partial charge in [0.05, 0.1) is 0 Å². The molecule has 1 amide bonds. The Morgan fingerprint density at radius 3 is 1.71 bits per heavy atom. The molecule has 1 N–H and O–H groups in total. The Bertz CT molecular complexity index is 66.7. The van der Waals surface area contributed by atoms with Crippen LogP contribution in [0.4, 0.5) is 4.79 Å². The first-order valence-electron chi connectivity index (χ1n) is 1.05. The minimum absolute atomic E-state index is 0. The number of hydrogen-bond acceptors (Lipinski definition) is 3. The molecule has 0 radical (unpaired) electrons. The van der Waals surface area contributed by atoms with Crippen LogP contribution in [0.3, 0.4) is 0 Å². The van der Waals surface area contributed by atoms with Gasteiger partial charge in [-0.15, -0.1) is 0 Å². The number of carboxylic acid groups (broad SMARTS) is 1. The number of thiol groups is 2. The number of carbonyl (C=O) groups is 1.